The summed E-state index contributed by atoms with van der Waals surface area (Å²) >= 11 is 0. The van der Waals surface area contributed by atoms with Crippen LogP contribution in [0.15, 0.2) is 72.8 Å². The van der Waals surface area contributed by atoms with E-state index >= 15 is 0 Å². The second kappa shape index (κ2) is 15.4. The smallest absolute Gasteiger partial charge is 0.414 e. The van der Waals surface area contributed by atoms with Crippen LogP contribution >= 0.6 is 0 Å². The van der Waals surface area contributed by atoms with Crippen LogP contribution in [0.2, 0.25) is 0 Å². The first-order valence-electron chi connectivity index (χ1n) is 16.7. The van der Waals surface area contributed by atoms with E-state index in [0.717, 1.165) is 17.8 Å². The maximum Gasteiger partial charge on any atom is 0.414 e. The van der Waals surface area contributed by atoms with E-state index in [1.165, 1.54) is 12.7 Å². The number of fused-ring (bicyclic) bond motifs is 1. The fourth-order valence-corrected chi connectivity index (χ4v) is 8.23. The molecular formula is C36H44N4O7S. The van der Waals surface area contributed by atoms with Gasteiger partial charge in [-0.2, -0.15) is 0 Å². The first-order chi connectivity index (χ1) is 23.3. The first kappa shape index (κ1) is 33.8. The number of nitrogens with one attached hydrogen (secondary N) is 1. The third-order valence-electron chi connectivity index (χ3n) is 9.34. The topological polar surface area (TPSA) is 118 Å². The lowest BCUT2D eigenvalue weighted by Crippen LogP contribution is -2.50. The minimum atomic E-state index is -3.34. The molecule has 0 aromatic heterocycles. The number of nitrogens with zero attached hydrogens (tertiary/aromatic N) is 3. The number of sulfonamides is 1. The maximum atomic E-state index is 13.6. The number of benzene rings is 3. The van der Waals surface area contributed by atoms with E-state index in [9.17, 15) is 18.0 Å². The van der Waals surface area contributed by atoms with E-state index in [0.29, 0.717) is 81.9 Å². The van der Waals surface area contributed by atoms with Crippen LogP contribution in [0.25, 0.3) is 0 Å². The fourth-order valence-electron chi connectivity index (χ4n) is 6.70. The van der Waals surface area contributed by atoms with Gasteiger partial charge >= 0.3 is 6.09 Å². The van der Waals surface area contributed by atoms with Crippen LogP contribution in [0.1, 0.15) is 53.6 Å². The largest absolute Gasteiger partial charge is 0.496 e. The van der Waals surface area contributed by atoms with Gasteiger partial charge in [-0.05, 0) is 62.4 Å². The Morgan fingerprint density at radius 3 is 2.42 bits per heavy atom. The highest BCUT2D eigenvalue weighted by atomic mass is 32.2. The predicted molar refractivity (Wildman–Crippen MR) is 183 cm³/mol. The average Bonchev–Trinajstić information content (AvgIpc) is 3.12. The second-order valence-corrected chi connectivity index (χ2v) is 14.6. The lowest BCUT2D eigenvalue weighted by atomic mass is 10.00. The molecule has 12 heteroatoms. The van der Waals surface area contributed by atoms with Crippen molar-refractivity contribution in [3.8, 4) is 11.5 Å². The van der Waals surface area contributed by atoms with Crippen molar-refractivity contribution in [2.24, 2.45) is 0 Å². The SMILES string of the molecule is COc1cc(OC2CCN(S(=O)(=O)CCCNCc3ccccc3)CC2)ccc1C(=O)N1CCC(N2C(=O)OCc3ccccc32)CC1. The van der Waals surface area contributed by atoms with Gasteiger partial charge in [0.2, 0.25) is 10.0 Å². The van der Waals surface area contributed by atoms with Gasteiger partial charge in [-0.3, -0.25) is 9.69 Å². The monoisotopic (exact) mass is 676 g/mol. The molecule has 3 aromatic rings. The van der Waals surface area contributed by atoms with Gasteiger partial charge in [0.15, 0.2) is 0 Å². The summed E-state index contributed by atoms with van der Waals surface area (Å²) in [7, 11) is -1.81. The number of rotatable bonds is 12. The number of hydrogen-bond donors (Lipinski definition) is 1. The number of likely N-dealkylation sites (tertiary alicyclic amines) is 1. The van der Waals surface area contributed by atoms with E-state index in [2.05, 4.69) is 5.32 Å². The lowest BCUT2D eigenvalue weighted by molar-refractivity contribution is 0.0705. The normalized spacial score (nSPS) is 17.9. The number of methoxy groups -OCH3 is 1. The maximum absolute atomic E-state index is 13.6. The quantitative estimate of drug-likeness (QED) is 0.272. The zero-order valence-corrected chi connectivity index (χ0v) is 28.2. The molecule has 1 N–H and O–H groups in total. The third kappa shape index (κ3) is 7.94. The molecule has 11 nitrogen and oxygen atoms in total. The Kier molecular flexibility index (Phi) is 10.8. The van der Waals surface area contributed by atoms with Crippen LogP contribution in [-0.4, -0.2) is 87.4 Å². The number of cyclic esters (lactones) is 1. The van der Waals surface area contributed by atoms with E-state index < -0.39 is 10.0 Å². The van der Waals surface area contributed by atoms with Crippen molar-refractivity contribution in [1.29, 1.82) is 0 Å². The van der Waals surface area contributed by atoms with Crippen LogP contribution in [0.5, 0.6) is 11.5 Å². The number of para-hydroxylation sites is 1. The Hall–Kier alpha value is -4.13. The molecule has 2 saturated heterocycles. The molecule has 3 aliphatic heterocycles. The van der Waals surface area contributed by atoms with Gasteiger partial charge in [-0.1, -0.05) is 48.5 Å². The molecule has 0 radical (unpaired) electrons. The highest BCUT2D eigenvalue weighted by molar-refractivity contribution is 7.89. The molecule has 6 rings (SSSR count). The van der Waals surface area contributed by atoms with Crippen molar-refractivity contribution in [1.82, 2.24) is 14.5 Å². The van der Waals surface area contributed by atoms with Crippen LogP contribution in [0.4, 0.5) is 10.5 Å². The number of anilines is 1. The van der Waals surface area contributed by atoms with E-state index in [4.69, 9.17) is 14.2 Å². The highest BCUT2D eigenvalue weighted by Crippen LogP contribution is 2.33. The number of carbonyl (C=O) groups excluding carboxylic acids is 2. The molecule has 2 fully saturated rings. The van der Waals surface area contributed by atoms with Gasteiger partial charge < -0.3 is 24.4 Å². The molecule has 0 bridgehead atoms. The van der Waals surface area contributed by atoms with Gasteiger partial charge in [0.1, 0.15) is 24.2 Å². The van der Waals surface area contributed by atoms with E-state index in [1.807, 2.05) is 54.6 Å². The Labute approximate surface area is 282 Å². The van der Waals surface area contributed by atoms with Crippen molar-refractivity contribution in [3.63, 3.8) is 0 Å². The molecule has 48 heavy (non-hydrogen) atoms. The Bertz CT molecular complexity index is 1670. The van der Waals surface area contributed by atoms with Crippen LogP contribution in [-0.2, 0) is 27.9 Å². The summed E-state index contributed by atoms with van der Waals surface area (Å²) in [5, 5.41) is 3.31. The number of ether oxygens (including phenoxy) is 3. The Morgan fingerprint density at radius 1 is 0.938 bits per heavy atom. The van der Waals surface area contributed by atoms with Crippen molar-refractivity contribution in [2.45, 2.75) is 57.4 Å². The van der Waals surface area contributed by atoms with Crippen molar-refractivity contribution >= 4 is 27.7 Å². The molecule has 0 spiro atoms. The predicted octanol–water partition coefficient (Wildman–Crippen LogP) is 4.81. The fraction of sp³-hybridized carbons (Fsp3) is 0.444. The van der Waals surface area contributed by atoms with Gasteiger partial charge in [-0.25, -0.2) is 17.5 Å². The van der Waals surface area contributed by atoms with Crippen LogP contribution in [0, 0.1) is 0 Å². The van der Waals surface area contributed by atoms with Crippen molar-refractivity contribution < 1.29 is 32.2 Å². The summed E-state index contributed by atoms with van der Waals surface area (Å²) in [6.45, 7) is 3.46. The molecule has 3 aliphatic rings. The molecule has 256 valence electrons. The van der Waals surface area contributed by atoms with E-state index in [-0.39, 0.29) is 36.5 Å². The standard InChI is InChI=1S/C36H44N4O7S/c1-45-34-24-31(47-30-16-21-39(22-17-30)48(43,44)23-7-18-37-25-27-8-3-2-4-9-27)12-13-32(34)35(41)38-19-14-29(15-20-38)40-33-11-6-5-10-28(33)26-46-36(40)42/h2-6,8-13,24,29-30,37H,7,14-23,25-26H2,1H3. The highest BCUT2D eigenvalue weighted by Gasteiger charge is 2.36. The molecule has 0 aliphatic carbocycles. The van der Waals surface area contributed by atoms with Gasteiger partial charge in [0.05, 0.1) is 24.1 Å². The summed E-state index contributed by atoms with van der Waals surface area (Å²) in [5.74, 6) is 0.986. The van der Waals surface area contributed by atoms with Gasteiger partial charge in [0, 0.05) is 50.4 Å². The summed E-state index contributed by atoms with van der Waals surface area (Å²) in [6.07, 6.45) is 2.51. The van der Waals surface area contributed by atoms with Crippen molar-refractivity contribution in [2.75, 3.05) is 50.5 Å². The summed E-state index contributed by atoms with van der Waals surface area (Å²) < 4.78 is 44.7. The van der Waals surface area contributed by atoms with Gasteiger partial charge in [-0.15, -0.1) is 0 Å². The third-order valence-corrected chi connectivity index (χ3v) is 11.3. The Morgan fingerprint density at radius 2 is 1.67 bits per heavy atom. The Balaban J connectivity index is 0.967. The zero-order chi connectivity index (χ0) is 33.5. The van der Waals surface area contributed by atoms with Crippen LogP contribution in [0.3, 0.4) is 0 Å². The summed E-state index contributed by atoms with van der Waals surface area (Å²) in [4.78, 5) is 29.8. The average molecular weight is 677 g/mol. The first-order valence-corrected chi connectivity index (χ1v) is 18.3. The summed E-state index contributed by atoms with van der Waals surface area (Å²) in [6, 6.07) is 23.0. The molecule has 0 saturated carbocycles. The second-order valence-electron chi connectivity index (χ2n) is 12.5. The zero-order valence-electron chi connectivity index (χ0n) is 27.4. The molecule has 0 unspecified atom stereocenters. The molecule has 3 heterocycles. The number of hydrogen-bond acceptors (Lipinski definition) is 8. The minimum Gasteiger partial charge on any atom is -0.496 e. The lowest BCUT2D eigenvalue weighted by Gasteiger charge is -2.40. The number of piperidine rings is 2. The van der Waals surface area contributed by atoms with Crippen LogP contribution < -0.4 is 19.7 Å². The summed E-state index contributed by atoms with van der Waals surface area (Å²) in [5.41, 5.74) is 3.49. The van der Waals surface area contributed by atoms with E-state index in [1.54, 1.807) is 32.3 Å². The molecule has 3 aromatic carbocycles. The number of amides is 2. The molecular weight excluding hydrogens is 632 g/mol. The number of carbonyl (C=O) groups is 2. The minimum absolute atomic E-state index is 0.0518. The molecule has 0 atom stereocenters. The van der Waals surface area contributed by atoms with Gasteiger partial charge in [0.25, 0.3) is 5.91 Å². The molecule has 2 amide bonds. The van der Waals surface area contributed by atoms with Crippen molar-refractivity contribution in [3.05, 3.63) is 89.5 Å².